The molecule has 0 radical (unpaired) electrons. The smallest absolute Gasteiger partial charge is 0.279 e. The Morgan fingerprint density at radius 3 is 2.57 bits per heavy atom. The van der Waals surface area contributed by atoms with Crippen molar-refractivity contribution >= 4 is 34.5 Å². The zero-order valence-corrected chi connectivity index (χ0v) is 17.6. The minimum absolute atomic E-state index is 0.0844. The Labute approximate surface area is 175 Å². The largest absolute Gasteiger partial charge is 0.328 e. The molecule has 0 aliphatic rings. The van der Waals surface area contributed by atoms with Crippen molar-refractivity contribution in [3.05, 3.63) is 81.3 Å². The van der Waals surface area contributed by atoms with Crippen molar-refractivity contribution in [1.29, 1.82) is 0 Å². The Hall–Kier alpha value is -2.21. The first-order valence-corrected chi connectivity index (χ1v) is 10.7. The first kappa shape index (κ1) is 20.5. The number of aromatic nitrogens is 1. The van der Waals surface area contributed by atoms with Crippen LogP contribution in [-0.4, -0.2) is 17.4 Å². The van der Waals surface area contributed by atoms with E-state index in [-0.39, 0.29) is 11.9 Å². The average molecular weight is 415 g/mol. The van der Waals surface area contributed by atoms with Crippen molar-refractivity contribution in [1.82, 2.24) is 4.98 Å². The van der Waals surface area contributed by atoms with E-state index in [4.69, 9.17) is 11.6 Å². The lowest BCUT2D eigenvalue weighted by Crippen LogP contribution is -2.87. The minimum atomic E-state index is -0.104. The quantitative estimate of drug-likeness (QED) is 0.529. The number of halogens is 1. The summed E-state index contributed by atoms with van der Waals surface area (Å²) < 4.78 is 0. The van der Waals surface area contributed by atoms with Gasteiger partial charge in [-0.05, 0) is 41.5 Å². The summed E-state index contributed by atoms with van der Waals surface area (Å²) in [6.45, 7) is 4.74. The van der Waals surface area contributed by atoms with Crippen LogP contribution in [0.3, 0.4) is 0 Å². The molecule has 0 unspecified atom stereocenters. The van der Waals surface area contributed by atoms with Crippen LogP contribution in [0.15, 0.2) is 60.1 Å². The molecular formula is C22H25ClN3OS+. The fourth-order valence-corrected chi connectivity index (χ4v) is 4.07. The van der Waals surface area contributed by atoms with Gasteiger partial charge in [0, 0.05) is 11.8 Å². The van der Waals surface area contributed by atoms with Crippen molar-refractivity contribution in [3.63, 3.8) is 0 Å². The third-order valence-corrected chi connectivity index (χ3v) is 6.16. The second kappa shape index (κ2) is 9.82. The van der Waals surface area contributed by atoms with Crippen molar-refractivity contribution in [2.24, 2.45) is 0 Å². The molecule has 4 nitrogen and oxygen atoms in total. The molecule has 0 aliphatic heterocycles. The van der Waals surface area contributed by atoms with Gasteiger partial charge < -0.3 is 10.6 Å². The number of nitrogens with zero attached hydrogens (tertiary/aromatic N) is 1. The summed E-state index contributed by atoms with van der Waals surface area (Å²) in [5, 5.41) is 7.26. The second-order valence-corrected chi connectivity index (χ2v) is 8.14. The average Bonchev–Trinajstić information content (AvgIpc) is 3.24. The maximum Gasteiger partial charge on any atom is 0.279 e. The Bertz CT molecular complexity index is 896. The number of carbonyl (C=O) groups is 1. The number of hydrogen-bond donors (Lipinski definition) is 2. The number of pyridine rings is 1. The first-order valence-electron chi connectivity index (χ1n) is 9.45. The van der Waals surface area contributed by atoms with Crippen LogP contribution in [0.4, 0.5) is 5.69 Å². The summed E-state index contributed by atoms with van der Waals surface area (Å²) in [6.07, 6.45) is 2.72. The van der Waals surface area contributed by atoms with Gasteiger partial charge in [0.05, 0.1) is 10.6 Å². The van der Waals surface area contributed by atoms with E-state index in [2.05, 4.69) is 65.2 Å². The van der Waals surface area contributed by atoms with Crippen LogP contribution < -0.4 is 10.6 Å². The Morgan fingerprint density at radius 2 is 1.93 bits per heavy atom. The SMILES string of the molecule is CC[C@@H](C)c1ccc([C@H]([NH2+]CC(=O)Nc2cccnc2Cl)c2cccs2)cc1. The van der Waals surface area contributed by atoms with Gasteiger partial charge in [-0.25, -0.2) is 4.98 Å². The van der Waals surface area contributed by atoms with E-state index in [9.17, 15) is 4.79 Å². The molecule has 2 heterocycles. The van der Waals surface area contributed by atoms with Gasteiger partial charge >= 0.3 is 0 Å². The standard InChI is InChI=1S/C22H24ClN3OS/c1-3-15(2)16-8-10-17(11-9-16)21(19-7-5-13-28-19)25-14-20(27)26-18-6-4-12-24-22(18)23/h4-13,15,21,25H,3,14H2,1-2H3,(H,26,27)/p+1/t15-,21+/m1/s1. The lowest BCUT2D eigenvalue weighted by Gasteiger charge is -2.16. The van der Waals surface area contributed by atoms with Gasteiger partial charge in [0.2, 0.25) is 0 Å². The first-order chi connectivity index (χ1) is 13.6. The molecule has 3 aromatic rings. The van der Waals surface area contributed by atoms with Crippen molar-refractivity contribution in [2.75, 3.05) is 11.9 Å². The number of hydrogen-bond acceptors (Lipinski definition) is 3. The van der Waals surface area contributed by atoms with E-state index in [1.165, 1.54) is 16.0 Å². The summed E-state index contributed by atoms with van der Waals surface area (Å²) in [5.41, 5.74) is 3.08. The third kappa shape index (κ3) is 5.19. The minimum Gasteiger partial charge on any atom is -0.328 e. The molecule has 0 saturated heterocycles. The number of rotatable bonds is 8. The zero-order valence-electron chi connectivity index (χ0n) is 16.1. The predicted molar refractivity (Wildman–Crippen MR) is 116 cm³/mol. The van der Waals surface area contributed by atoms with Gasteiger partial charge in [-0.1, -0.05) is 55.8 Å². The molecule has 146 valence electrons. The molecule has 28 heavy (non-hydrogen) atoms. The van der Waals surface area contributed by atoms with Crippen LogP contribution in [0.2, 0.25) is 5.15 Å². The lowest BCUT2D eigenvalue weighted by molar-refractivity contribution is -0.675. The molecule has 0 aliphatic carbocycles. The van der Waals surface area contributed by atoms with Crippen LogP contribution in [0, 0.1) is 0 Å². The zero-order chi connectivity index (χ0) is 19.9. The summed E-state index contributed by atoms with van der Waals surface area (Å²) in [6, 6.07) is 16.5. The van der Waals surface area contributed by atoms with Crippen molar-refractivity contribution in [2.45, 2.75) is 32.2 Å². The van der Waals surface area contributed by atoms with Crippen LogP contribution in [0.5, 0.6) is 0 Å². The topological polar surface area (TPSA) is 58.6 Å². The highest BCUT2D eigenvalue weighted by Gasteiger charge is 2.20. The van der Waals surface area contributed by atoms with Crippen molar-refractivity contribution < 1.29 is 10.1 Å². The fourth-order valence-electron chi connectivity index (χ4n) is 3.06. The number of thiophene rings is 1. The van der Waals surface area contributed by atoms with Crippen LogP contribution >= 0.6 is 22.9 Å². The molecule has 0 saturated carbocycles. The number of benzene rings is 1. The van der Waals surface area contributed by atoms with E-state index in [0.29, 0.717) is 23.3 Å². The highest BCUT2D eigenvalue weighted by molar-refractivity contribution is 7.10. The summed E-state index contributed by atoms with van der Waals surface area (Å²) in [4.78, 5) is 17.6. The molecule has 0 bridgehead atoms. The van der Waals surface area contributed by atoms with Gasteiger partial charge in [0.15, 0.2) is 11.7 Å². The summed E-state index contributed by atoms with van der Waals surface area (Å²) >= 11 is 7.73. The Balaban J connectivity index is 1.71. The normalized spacial score (nSPS) is 13.1. The maximum absolute atomic E-state index is 12.4. The highest BCUT2D eigenvalue weighted by Crippen LogP contribution is 2.25. The molecule has 1 amide bonds. The second-order valence-electron chi connectivity index (χ2n) is 6.80. The van der Waals surface area contributed by atoms with Crippen LogP contribution in [0.25, 0.3) is 0 Å². The van der Waals surface area contributed by atoms with E-state index in [1.807, 2.05) is 6.07 Å². The third-order valence-electron chi connectivity index (χ3n) is 4.90. The van der Waals surface area contributed by atoms with Gasteiger partial charge in [-0.3, -0.25) is 4.79 Å². The monoisotopic (exact) mass is 414 g/mol. The van der Waals surface area contributed by atoms with Crippen LogP contribution in [-0.2, 0) is 4.79 Å². The molecule has 3 rings (SSSR count). The molecular weight excluding hydrogens is 390 g/mol. The number of quaternary nitrogens is 1. The van der Waals surface area contributed by atoms with E-state index in [1.54, 1.807) is 29.7 Å². The van der Waals surface area contributed by atoms with E-state index in [0.717, 1.165) is 6.42 Å². The Kier molecular flexibility index (Phi) is 7.20. The fraction of sp³-hybridized carbons (Fsp3) is 0.273. The lowest BCUT2D eigenvalue weighted by atomic mass is 9.95. The van der Waals surface area contributed by atoms with Crippen LogP contribution in [0.1, 0.15) is 48.2 Å². The van der Waals surface area contributed by atoms with Gasteiger partial charge in [0.1, 0.15) is 6.04 Å². The maximum atomic E-state index is 12.4. The van der Waals surface area contributed by atoms with E-state index >= 15 is 0 Å². The molecule has 0 spiro atoms. The van der Waals surface area contributed by atoms with Gasteiger partial charge in [-0.15, -0.1) is 11.3 Å². The van der Waals surface area contributed by atoms with Gasteiger partial charge in [0.25, 0.3) is 5.91 Å². The van der Waals surface area contributed by atoms with E-state index < -0.39 is 0 Å². The molecule has 1 aromatic carbocycles. The molecule has 2 atom stereocenters. The number of nitrogens with two attached hydrogens (primary N) is 1. The number of anilines is 1. The van der Waals surface area contributed by atoms with Crippen molar-refractivity contribution in [3.8, 4) is 0 Å². The summed E-state index contributed by atoms with van der Waals surface area (Å²) in [7, 11) is 0. The number of carbonyl (C=O) groups excluding carboxylic acids is 1. The molecule has 6 heteroatoms. The van der Waals surface area contributed by atoms with Gasteiger partial charge in [-0.2, -0.15) is 0 Å². The highest BCUT2D eigenvalue weighted by atomic mass is 35.5. The number of amides is 1. The molecule has 3 N–H and O–H groups in total. The Morgan fingerprint density at radius 1 is 1.18 bits per heavy atom. The predicted octanol–water partition coefficient (Wildman–Crippen LogP) is 4.60. The molecule has 2 aromatic heterocycles. The summed E-state index contributed by atoms with van der Waals surface area (Å²) in [5.74, 6) is 0.445. The number of nitrogens with one attached hydrogen (secondary N) is 1. The molecule has 0 fully saturated rings.